The van der Waals surface area contributed by atoms with Gasteiger partial charge in [-0.1, -0.05) is 55.8 Å². The summed E-state index contributed by atoms with van der Waals surface area (Å²) in [4.78, 5) is 23.4. The van der Waals surface area contributed by atoms with Crippen molar-refractivity contribution in [1.29, 1.82) is 0 Å². The first-order chi connectivity index (χ1) is 11.3. The quantitative estimate of drug-likeness (QED) is 0.461. The number of ether oxygens (including phenoxy) is 1. The normalized spacial score (nSPS) is 22.9. The van der Waals surface area contributed by atoms with Crippen LogP contribution < -0.4 is 0 Å². The van der Waals surface area contributed by atoms with Crippen molar-refractivity contribution in [2.75, 3.05) is 0 Å². The topological polar surface area (TPSA) is 43.4 Å². The smallest absolute Gasteiger partial charge is 0.310 e. The number of carbonyl (C=O) groups excluding carboxylic acids is 2. The fourth-order valence-corrected chi connectivity index (χ4v) is 3.41. The maximum Gasteiger partial charge on any atom is 0.310 e. The number of hydrogen-bond acceptors (Lipinski definition) is 3. The molecule has 3 nitrogen and oxygen atoms in total. The van der Waals surface area contributed by atoms with E-state index in [0.717, 1.165) is 17.6 Å². The number of rotatable bonds is 5. The standard InChI is InChI=1S/C21H26O3/c1-15-12-18(14-21(3,4)19(15)11-10-16(2)22)24-20(23)13-17-8-6-5-7-9-17/h5-12,18-19H,13-14H2,1-4H3/b11-10+/t18-,19-/m0/s1. The zero-order valence-corrected chi connectivity index (χ0v) is 14.9. The fourth-order valence-electron chi connectivity index (χ4n) is 3.41. The molecule has 0 N–H and O–H groups in total. The van der Waals surface area contributed by atoms with Crippen LogP contribution in [0.1, 0.15) is 39.7 Å². The summed E-state index contributed by atoms with van der Waals surface area (Å²) in [6.07, 6.45) is 6.44. The SMILES string of the molecule is CC(=O)/C=C/[C@H]1C(C)=C[C@H](OC(=O)Cc2ccccc2)CC1(C)C. The lowest BCUT2D eigenvalue weighted by atomic mass is 9.67. The van der Waals surface area contributed by atoms with Gasteiger partial charge in [-0.05, 0) is 43.4 Å². The minimum absolute atomic E-state index is 0.0509. The van der Waals surface area contributed by atoms with Gasteiger partial charge in [0.1, 0.15) is 6.10 Å². The van der Waals surface area contributed by atoms with Gasteiger partial charge in [0.05, 0.1) is 6.42 Å². The predicted molar refractivity (Wildman–Crippen MR) is 95.5 cm³/mol. The summed E-state index contributed by atoms with van der Waals surface area (Å²) in [7, 11) is 0. The highest BCUT2D eigenvalue weighted by Crippen LogP contribution is 2.42. The minimum atomic E-state index is -0.210. The molecule has 0 radical (unpaired) electrons. The van der Waals surface area contributed by atoms with Crippen LogP contribution in [0.15, 0.2) is 54.1 Å². The lowest BCUT2D eigenvalue weighted by Crippen LogP contribution is -2.35. The van der Waals surface area contributed by atoms with E-state index in [1.807, 2.05) is 49.4 Å². The number of benzene rings is 1. The van der Waals surface area contributed by atoms with Crippen molar-refractivity contribution >= 4 is 11.8 Å². The number of esters is 1. The monoisotopic (exact) mass is 326 g/mol. The van der Waals surface area contributed by atoms with Gasteiger partial charge in [-0.2, -0.15) is 0 Å². The van der Waals surface area contributed by atoms with Gasteiger partial charge in [-0.3, -0.25) is 9.59 Å². The number of carbonyl (C=O) groups is 2. The van der Waals surface area contributed by atoms with E-state index in [1.54, 1.807) is 13.0 Å². The summed E-state index contributed by atoms with van der Waals surface area (Å²) in [5.41, 5.74) is 2.03. The highest BCUT2D eigenvalue weighted by atomic mass is 16.5. The van der Waals surface area contributed by atoms with Crippen molar-refractivity contribution in [1.82, 2.24) is 0 Å². The third-order valence-electron chi connectivity index (χ3n) is 4.51. The van der Waals surface area contributed by atoms with E-state index in [-0.39, 0.29) is 29.2 Å². The summed E-state index contributed by atoms with van der Waals surface area (Å²) >= 11 is 0. The largest absolute Gasteiger partial charge is 0.458 e. The van der Waals surface area contributed by atoms with E-state index in [0.29, 0.717) is 6.42 Å². The van der Waals surface area contributed by atoms with Gasteiger partial charge < -0.3 is 4.74 Å². The van der Waals surface area contributed by atoms with Crippen LogP contribution in [0.2, 0.25) is 0 Å². The second kappa shape index (κ2) is 7.61. The van der Waals surface area contributed by atoms with Crippen molar-refractivity contribution in [3.63, 3.8) is 0 Å². The Kier molecular flexibility index (Phi) is 5.76. The minimum Gasteiger partial charge on any atom is -0.458 e. The zero-order valence-electron chi connectivity index (χ0n) is 14.9. The maximum atomic E-state index is 12.2. The first-order valence-corrected chi connectivity index (χ1v) is 8.38. The highest BCUT2D eigenvalue weighted by molar-refractivity contribution is 5.87. The molecule has 0 bridgehead atoms. The zero-order chi connectivity index (χ0) is 17.7. The third-order valence-corrected chi connectivity index (χ3v) is 4.51. The Bertz CT molecular complexity index is 653. The lowest BCUT2D eigenvalue weighted by Gasteiger charge is -2.39. The molecule has 0 unspecified atom stereocenters. The summed E-state index contributed by atoms with van der Waals surface area (Å²) in [6.45, 7) is 7.89. The molecule has 3 heteroatoms. The highest BCUT2D eigenvalue weighted by Gasteiger charge is 2.36. The summed E-state index contributed by atoms with van der Waals surface area (Å²) in [5, 5.41) is 0. The second-order valence-electron chi connectivity index (χ2n) is 7.24. The van der Waals surface area contributed by atoms with Gasteiger partial charge in [0.15, 0.2) is 5.78 Å². The molecule has 0 amide bonds. The Balaban J connectivity index is 2.05. The van der Waals surface area contributed by atoms with Crippen LogP contribution in [0.25, 0.3) is 0 Å². The second-order valence-corrected chi connectivity index (χ2v) is 7.24. The molecule has 0 heterocycles. The van der Waals surface area contributed by atoms with E-state index in [2.05, 4.69) is 13.8 Å². The van der Waals surface area contributed by atoms with Crippen LogP contribution in [0.3, 0.4) is 0 Å². The molecule has 2 atom stereocenters. The molecular formula is C21H26O3. The van der Waals surface area contributed by atoms with Gasteiger partial charge in [0, 0.05) is 5.92 Å². The van der Waals surface area contributed by atoms with Crippen molar-refractivity contribution in [3.8, 4) is 0 Å². The summed E-state index contributed by atoms with van der Waals surface area (Å²) in [6, 6.07) is 9.62. The Hall–Kier alpha value is -2.16. The van der Waals surface area contributed by atoms with Crippen LogP contribution >= 0.6 is 0 Å². The van der Waals surface area contributed by atoms with Gasteiger partial charge in [-0.15, -0.1) is 0 Å². The van der Waals surface area contributed by atoms with Crippen LogP contribution in [0, 0.1) is 11.3 Å². The molecule has 0 spiro atoms. The molecule has 1 aromatic rings. The van der Waals surface area contributed by atoms with E-state index >= 15 is 0 Å². The number of ketones is 1. The van der Waals surface area contributed by atoms with E-state index < -0.39 is 0 Å². The molecule has 1 aromatic carbocycles. The first kappa shape index (κ1) is 18.2. The van der Waals surface area contributed by atoms with Gasteiger partial charge in [0.2, 0.25) is 0 Å². The molecule has 1 aliphatic carbocycles. The third kappa shape index (κ3) is 4.92. The molecule has 24 heavy (non-hydrogen) atoms. The lowest BCUT2D eigenvalue weighted by molar-refractivity contribution is -0.147. The molecule has 0 aliphatic heterocycles. The molecule has 1 aliphatic rings. The van der Waals surface area contributed by atoms with Crippen molar-refractivity contribution in [2.24, 2.45) is 11.3 Å². The van der Waals surface area contributed by atoms with Crippen LogP contribution in [0.4, 0.5) is 0 Å². The molecule has 0 fully saturated rings. The Morgan fingerprint density at radius 1 is 1.25 bits per heavy atom. The van der Waals surface area contributed by atoms with Crippen LogP contribution in [-0.2, 0) is 20.7 Å². The number of hydrogen-bond donors (Lipinski definition) is 0. The first-order valence-electron chi connectivity index (χ1n) is 8.38. The van der Waals surface area contributed by atoms with Crippen molar-refractivity contribution in [2.45, 2.75) is 46.6 Å². The average Bonchev–Trinajstić information content (AvgIpc) is 2.45. The molecule has 2 rings (SSSR count). The maximum absolute atomic E-state index is 12.2. The van der Waals surface area contributed by atoms with Gasteiger partial charge in [0.25, 0.3) is 0 Å². The van der Waals surface area contributed by atoms with Crippen LogP contribution in [-0.4, -0.2) is 17.9 Å². The molecule has 0 aromatic heterocycles. The van der Waals surface area contributed by atoms with E-state index in [4.69, 9.17) is 4.74 Å². The average molecular weight is 326 g/mol. The predicted octanol–water partition coefficient (Wildman–Crippen LogP) is 4.28. The van der Waals surface area contributed by atoms with E-state index in [1.165, 1.54) is 0 Å². The molecule has 128 valence electrons. The van der Waals surface area contributed by atoms with Gasteiger partial charge >= 0.3 is 5.97 Å². The Morgan fingerprint density at radius 2 is 1.92 bits per heavy atom. The molecule has 0 saturated carbocycles. The summed E-state index contributed by atoms with van der Waals surface area (Å²) in [5.74, 6) is 0.0317. The van der Waals surface area contributed by atoms with Crippen molar-refractivity contribution < 1.29 is 14.3 Å². The molecular weight excluding hydrogens is 300 g/mol. The van der Waals surface area contributed by atoms with Crippen LogP contribution in [0.5, 0.6) is 0 Å². The summed E-state index contributed by atoms with van der Waals surface area (Å²) < 4.78 is 5.67. The fraction of sp³-hybridized carbons (Fsp3) is 0.429. The van der Waals surface area contributed by atoms with E-state index in [9.17, 15) is 9.59 Å². The number of allylic oxidation sites excluding steroid dienone is 3. The Labute approximate surface area is 144 Å². The van der Waals surface area contributed by atoms with Gasteiger partial charge in [-0.25, -0.2) is 0 Å². The molecule has 0 saturated heterocycles. The van der Waals surface area contributed by atoms with Crippen molar-refractivity contribution in [3.05, 3.63) is 59.7 Å². The Morgan fingerprint density at radius 3 is 2.50 bits per heavy atom.